The molecule has 0 unspecified atom stereocenters. The van der Waals surface area contributed by atoms with E-state index in [0.29, 0.717) is 6.54 Å². The van der Waals surface area contributed by atoms with E-state index in [1.165, 1.54) is 11.3 Å². The van der Waals surface area contributed by atoms with Gasteiger partial charge in [0.25, 0.3) is 0 Å². The zero-order chi connectivity index (χ0) is 13.7. The number of halogens is 1. The van der Waals surface area contributed by atoms with Crippen molar-refractivity contribution >= 4 is 39.2 Å². The topological polar surface area (TPSA) is 33.2 Å². The highest BCUT2D eigenvalue weighted by atomic mass is 79.9. The Hall–Kier alpha value is -1.46. The fourth-order valence-corrected chi connectivity index (χ4v) is 2.48. The van der Waals surface area contributed by atoms with Crippen molar-refractivity contribution in [3.8, 4) is 0 Å². The summed E-state index contributed by atoms with van der Waals surface area (Å²) in [5.74, 6) is -0.0382. The molecule has 1 heterocycles. The smallest absolute Gasteiger partial charge is 0.246 e. The molecule has 0 radical (unpaired) electrons. The van der Waals surface area contributed by atoms with Crippen LogP contribution in [0.4, 0.5) is 0 Å². The molecule has 2 aromatic rings. The maximum absolute atomic E-state index is 12.0. The lowest BCUT2D eigenvalue weighted by Crippen LogP contribution is -2.24. The first-order valence-corrected chi connectivity index (χ1v) is 7.45. The Morgan fingerprint density at radius 2 is 2.26 bits per heavy atom. The summed E-state index contributed by atoms with van der Waals surface area (Å²) in [7, 11) is 1.78. The Morgan fingerprint density at radius 3 is 2.95 bits per heavy atom. The van der Waals surface area contributed by atoms with Crippen LogP contribution in [0.15, 0.2) is 45.7 Å². The molecule has 0 aliphatic rings. The van der Waals surface area contributed by atoms with Crippen LogP contribution < -0.4 is 0 Å². The fraction of sp³-hybridized carbons (Fsp3) is 0.143. The first-order valence-electron chi connectivity index (χ1n) is 5.71. The average Bonchev–Trinajstić information content (AvgIpc) is 2.91. The molecule has 5 heteroatoms. The van der Waals surface area contributed by atoms with Gasteiger partial charge in [-0.1, -0.05) is 34.1 Å². The third-order valence-electron chi connectivity index (χ3n) is 2.59. The second kappa shape index (κ2) is 6.63. The van der Waals surface area contributed by atoms with Crippen LogP contribution in [0.2, 0.25) is 0 Å². The van der Waals surface area contributed by atoms with E-state index in [9.17, 15) is 4.79 Å². The minimum atomic E-state index is -0.0382. The molecule has 0 atom stereocenters. The molecule has 98 valence electrons. The van der Waals surface area contributed by atoms with Gasteiger partial charge in [0.15, 0.2) is 0 Å². The second-order valence-electron chi connectivity index (χ2n) is 4.03. The van der Waals surface area contributed by atoms with Gasteiger partial charge in [0.1, 0.15) is 0 Å². The molecule has 0 N–H and O–H groups in total. The first kappa shape index (κ1) is 14.0. The number of carbonyl (C=O) groups excluding carboxylic acids is 1. The lowest BCUT2D eigenvalue weighted by Gasteiger charge is -2.16. The summed E-state index contributed by atoms with van der Waals surface area (Å²) in [5, 5.41) is 1.90. The van der Waals surface area contributed by atoms with Crippen LogP contribution in [0, 0.1) is 0 Å². The number of benzene rings is 1. The quantitative estimate of drug-likeness (QED) is 0.799. The van der Waals surface area contributed by atoms with E-state index in [4.69, 9.17) is 0 Å². The normalized spacial score (nSPS) is 10.8. The molecule has 1 aromatic carbocycles. The van der Waals surface area contributed by atoms with E-state index >= 15 is 0 Å². The third-order valence-corrected chi connectivity index (χ3v) is 3.97. The summed E-state index contributed by atoms with van der Waals surface area (Å²) in [6.45, 7) is 0.571. The standard InChI is InChI=1S/C14H13BrN2OS/c1-17(8-11-4-2-3-5-13(11)15)14(18)7-6-12-9-19-10-16-12/h2-7,9-10H,8H2,1H3. The van der Waals surface area contributed by atoms with E-state index in [1.54, 1.807) is 29.6 Å². The third kappa shape index (κ3) is 4.01. The Kier molecular flexibility index (Phi) is 4.87. The van der Waals surface area contributed by atoms with Crippen molar-refractivity contribution in [3.05, 3.63) is 57.0 Å². The molecular formula is C14H13BrN2OS. The van der Waals surface area contributed by atoms with Gasteiger partial charge in [0.2, 0.25) is 5.91 Å². The number of hydrogen-bond donors (Lipinski definition) is 0. The van der Waals surface area contributed by atoms with Crippen LogP contribution in [-0.4, -0.2) is 22.8 Å². The van der Waals surface area contributed by atoms with Gasteiger partial charge in [-0.15, -0.1) is 11.3 Å². The fourth-order valence-electron chi connectivity index (χ4n) is 1.55. The van der Waals surface area contributed by atoms with E-state index in [0.717, 1.165) is 15.7 Å². The molecule has 0 saturated carbocycles. The summed E-state index contributed by atoms with van der Waals surface area (Å²) in [6, 6.07) is 7.89. The Balaban J connectivity index is 1.98. The average molecular weight is 337 g/mol. The van der Waals surface area contributed by atoms with Gasteiger partial charge in [-0.25, -0.2) is 4.98 Å². The second-order valence-corrected chi connectivity index (χ2v) is 5.61. The molecule has 19 heavy (non-hydrogen) atoms. The maximum atomic E-state index is 12.0. The van der Waals surface area contributed by atoms with Gasteiger partial charge >= 0.3 is 0 Å². The van der Waals surface area contributed by atoms with Crippen LogP contribution in [0.3, 0.4) is 0 Å². The Morgan fingerprint density at radius 1 is 1.47 bits per heavy atom. The number of nitrogens with zero attached hydrogens (tertiary/aromatic N) is 2. The highest BCUT2D eigenvalue weighted by molar-refractivity contribution is 9.10. The van der Waals surface area contributed by atoms with Crippen LogP contribution in [0.1, 0.15) is 11.3 Å². The zero-order valence-electron chi connectivity index (χ0n) is 10.4. The summed E-state index contributed by atoms with van der Waals surface area (Å²) < 4.78 is 1.01. The lowest BCUT2D eigenvalue weighted by molar-refractivity contribution is -0.125. The van der Waals surface area contributed by atoms with E-state index in [2.05, 4.69) is 20.9 Å². The van der Waals surface area contributed by atoms with Crippen LogP contribution in [0.5, 0.6) is 0 Å². The molecule has 0 saturated heterocycles. The van der Waals surface area contributed by atoms with Gasteiger partial charge in [-0.05, 0) is 17.7 Å². The number of amides is 1. The molecule has 0 aliphatic carbocycles. The number of aromatic nitrogens is 1. The van der Waals surface area contributed by atoms with Crippen LogP contribution >= 0.6 is 27.3 Å². The van der Waals surface area contributed by atoms with Crippen molar-refractivity contribution in [2.45, 2.75) is 6.54 Å². The maximum Gasteiger partial charge on any atom is 0.246 e. The van der Waals surface area contributed by atoms with Gasteiger partial charge in [0.05, 0.1) is 11.2 Å². The van der Waals surface area contributed by atoms with Crippen molar-refractivity contribution in [1.29, 1.82) is 0 Å². The lowest BCUT2D eigenvalue weighted by atomic mass is 10.2. The van der Waals surface area contributed by atoms with E-state index in [-0.39, 0.29) is 5.91 Å². The molecular weight excluding hydrogens is 324 g/mol. The van der Waals surface area contributed by atoms with Crippen molar-refractivity contribution < 1.29 is 4.79 Å². The Labute approximate surface area is 124 Å². The van der Waals surface area contributed by atoms with Gasteiger partial charge in [-0.2, -0.15) is 0 Å². The summed E-state index contributed by atoms with van der Waals surface area (Å²) >= 11 is 4.99. The monoisotopic (exact) mass is 336 g/mol. The van der Waals surface area contributed by atoms with E-state index in [1.807, 2.05) is 29.6 Å². The summed E-state index contributed by atoms with van der Waals surface area (Å²) in [6.07, 6.45) is 3.28. The van der Waals surface area contributed by atoms with Crippen LogP contribution in [0.25, 0.3) is 6.08 Å². The van der Waals surface area contributed by atoms with E-state index < -0.39 is 0 Å². The largest absolute Gasteiger partial charge is 0.338 e. The molecule has 1 aromatic heterocycles. The summed E-state index contributed by atoms with van der Waals surface area (Å²) in [5.41, 5.74) is 3.64. The summed E-state index contributed by atoms with van der Waals surface area (Å²) in [4.78, 5) is 17.7. The minimum absolute atomic E-state index is 0.0382. The van der Waals surface area contributed by atoms with Gasteiger partial charge in [0, 0.05) is 29.5 Å². The van der Waals surface area contributed by atoms with Crippen molar-refractivity contribution in [2.75, 3.05) is 7.05 Å². The molecule has 0 spiro atoms. The number of thiazole rings is 1. The predicted molar refractivity (Wildman–Crippen MR) is 81.8 cm³/mol. The SMILES string of the molecule is CN(Cc1ccccc1Br)C(=O)C=Cc1cscn1. The Bertz CT molecular complexity index is 581. The molecule has 0 bridgehead atoms. The highest BCUT2D eigenvalue weighted by Gasteiger charge is 2.07. The van der Waals surface area contributed by atoms with Crippen LogP contribution in [-0.2, 0) is 11.3 Å². The van der Waals surface area contributed by atoms with Crippen molar-refractivity contribution in [2.24, 2.45) is 0 Å². The number of carbonyl (C=O) groups is 1. The van der Waals surface area contributed by atoms with Crippen molar-refractivity contribution in [3.63, 3.8) is 0 Å². The van der Waals surface area contributed by atoms with Gasteiger partial charge in [-0.3, -0.25) is 4.79 Å². The minimum Gasteiger partial charge on any atom is -0.338 e. The number of rotatable bonds is 4. The molecule has 3 nitrogen and oxygen atoms in total. The first-order chi connectivity index (χ1) is 9.16. The predicted octanol–water partition coefficient (Wildman–Crippen LogP) is 3.58. The zero-order valence-corrected chi connectivity index (χ0v) is 12.8. The van der Waals surface area contributed by atoms with Crippen molar-refractivity contribution in [1.82, 2.24) is 9.88 Å². The number of likely N-dealkylation sites (N-methyl/N-ethyl adjacent to an activating group) is 1. The molecule has 2 rings (SSSR count). The highest BCUT2D eigenvalue weighted by Crippen LogP contribution is 2.17. The number of hydrogen-bond acceptors (Lipinski definition) is 3. The van der Waals surface area contributed by atoms with Gasteiger partial charge < -0.3 is 4.90 Å². The molecule has 1 amide bonds. The molecule has 0 fully saturated rings. The molecule has 0 aliphatic heterocycles.